The zero-order valence-corrected chi connectivity index (χ0v) is 12.5. The number of aromatic nitrogens is 2. The van der Waals surface area contributed by atoms with Gasteiger partial charge < -0.3 is 9.64 Å². The van der Waals surface area contributed by atoms with Crippen LogP contribution in [0, 0.1) is 0 Å². The van der Waals surface area contributed by atoms with E-state index in [0.717, 1.165) is 0 Å². The monoisotopic (exact) mass is 327 g/mol. The fourth-order valence-electron chi connectivity index (χ4n) is 1.58. The van der Waals surface area contributed by atoms with Crippen molar-refractivity contribution in [2.45, 2.75) is 19.1 Å². The molecule has 0 radical (unpaired) electrons. The number of nitrogens with zero attached hydrogens (tertiary/aromatic N) is 3. The van der Waals surface area contributed by atoms with Crippen LogP contribution in [-0.4, -0.2) is 60.5 Å². The number of carbonyl (C=O) groups is 1. The van der Waals surface area contributed by atoms with E-state index in [1.165, 1.54) is 10.9 Å². The van der Waals surface area contributed by atoms with E-state index in [9.17, 15) is 18.0 Å². The zero-order valence-electron chi connectivity index (χ0n) is 11.8. The topological polar surface area (TPSA) is 47.4 Å². The van der Waals surface area contributed by atoms with Gasteiger partial charge in [-0.05, 0) is 14.1 Å². The Morgan fingerprint density at radius 1 is 1.48 bits per heavy atom. The molecule has 9 heteroatoms. The molecule has 0 fully saturated rings. The summed E-state index contributed by atoms with van der Waals surface area (Å²) in [5.74, 6) is -0.390. The molecular formula is C12H17ClF3N3O2. The van der Waals surface area contributed by atoms with Crippen LogP contribution in [0.4, 0.5) is 13.2 Å². The van der Waals surface area contributed by atoms with E-state index in [1.54, 1.807) is 0 Å². The number of hydrogen-bond acceptors (Lipinski definition) is 4. The SMILES string of the molecule is CN(C)CCn1ncc(Cl)c1C(=O)CCOCC(F)(F)F. The predicted molar refractivity (Wildman–Crippen MR) is 71.6 cm³/mol. The van der Waals surface area contributed by atoms with Gasteiger partial charge in [-0.3, -0.25) is 9.48 Å². The van der Waals surface area contributed by atoms with Crippen molar-refractivity contribution in [3.63, 3.8) is 0 Å². The second-order valence-electron chi connectivity index (χ2n) is 4.71. The Morgan fingerprint density at radius 2 is 2.14 bits per heavy atom. The molecule has 0 unspecified atom stereocenters. The summed E-state index contributed by atoms with van der Waals surface area (Å²) in [5, 5.41) is 4.18. The van der Waals surface area contributed by atoms with Gasteiger partial charge >= 0.3 is 6.18 Å². The first-order valence-electron chi connectivity index (χ1n) is 6.24. The normalized spacial score (nSPS) is 12.1. The maximum atomic E-state index is 12.0. The highest BCUT2D eigenvalue weighted by Crippen LogP contribution is 2.18. The lowest BCUT2D eigenvalue weighted by atomic mass is 10.2. The minimum Gasteiger partial charge on any atom is -0.372 e. The largest absolute Gasteiger partial charge is 0.411 e. The van der Waals surface area contributed by atoms with E-state index in [0.29, 0.717) is 13.1 Å². The Labute approximate surface area is 125 Å². The van der Waals surface area contributed by atoms with Gasteiger partial charge in [-0.2, -0.15) is 18.3 Å². The highest BCUT2D eigenvalue weighted by molar-refractivity contribution is 6.33. The molecule has 1 aromatic heterocycles. The molecule has 21 heavy (non-hydrogen) atoms. The van der Waals surface area contributed by atoms with Crippen LogP contribution in [0.15, 0.2) is 6.20 Å². The maximum Gasteiger partial charge on any atom is 0.411 e. The summed E-state index contributed by atoms with van der Waals surface area (Å²) in [4.78, 5) is 13.9. The van der Waals surface area contributed by atoms with Crippen molar-refractivity contribution in [2.24, 2.45) is 0 Å². The summed E-state index contributed by atoms with van der Waals surface area (Å²) in [6.45, 7) is -0.561. The number of rotatable bonds is 8. The first kappa shape index (κ1) is 17.9. The molecule has 0 N–H and O–H groups in total. The van der Waals surface area contributed by atoms with Crippen molar-refractivity contribution in [1.29, 1.82) is 0 Å². The van der Waals surface area contributed by atoms with E-state index in [2.05, 4.69) is 9.84 Å². The quantitative estimate of drug-likeness (QED) is 0.543. The van der Waals surface area contributed by atoms with Crippen LogP contribution in [0.5, 0.6) is 0 Å². The van der Waals surface area contributed by atoms with Crippen LogP contribution in [0.3, 0.4) is 0 Å². The molecule has 120 valence electrons. The first-order valence-corrected chi connectivity index (χ1v) is 6.62. The third-order valence-electron chi connectivity index (χ3n) is 2.56. The molecule has 1 heterocycles. The van der Waals surface area contributed by atoms with Gasteiger partial charge in [-0.1, -0.05) is 11.6 Å². The van der Waals surface area contributed by atoms with E-state index >= 15 is 0 Å². The summed E-state index contributed by atoms with van der Waals surface area (Å²) in [5.41, 5.74) is 0.203. The molecule has 0 spiro atoms. The summed E-state index contributed by atoms with van der Waals surface area (Å²) < 4.78 is 41.6. The molecule has 0 atom stereocenters. The zero-order chi connectivity index (χ0) is 16.0. The summed E-state index contributed by atoms with van der Waals surface area (Å²) in [6, 6.07) is 0. The number of Topliss-reactive ketones (excluding diaryl/α,β-unsaturated/α-hetero) is 1. The van der Waals surface area contributed by atoms with Crippen LogP contribution in [0.2, 0.25) is 5.02 Å². The third-order valence-corrected chi connectivity index (χ3v) is 2.83. The van der Waals surface area contributed by atoms with Crippen LogP contribution < -0.4 is 0 Å². The van der Waals surface area contributed by atoms with Gasteiger partial charge in [0.2, 0.25) is 0 Å². The van der Waals surface area contributed by atoms with Crippen molar-refractivity contribution in [3.8, 4) is 0 Å². The number of alkyl halides is 3. The highest BCUT2D eigenvalue weighted by atomic mass is 35.5. The van der Waals surface area contributed by atoms with E-state index < -0.39 is 18.6 Å². The summed E-state index contributed by atoms with van der Waals surface area (Å²) in [7, 11) is 3.75. The molecule has 0 saturated carbocycles. The molecular weight excluding hydrogens is 311 g/mol. The van der Waals surface area contributed by atoms with Gasteiger partial charge in [0, 0.05) is 13.0 Å². The van der Waals surface area contributed by atoms with E-state index in [-0.39, 0.29) is 23.7 Å². The Kier molecular flexibility index (Phi) is 6.63. The van der Waals surface area contributed by atoms with Gasteiger partial charge in [-0.15, -0.1) is 0 Å². The van der Waals surface area contributed by atoms with Gasteiger partial charge in [0.15, 0.2) is 5.78 Å². The van der Waals surface area contributed by atoms with Crippen LogP contribution >= 0.6 is 11.6 Å². The lowest BCUT2D eigenvalue weighted by Crippen LogP contribution is -2.22. The van der Waals surface area contributed by atoms with Crippen LogP contribution in [-0.2, 0) is 11.3 Å². The second kappa shape index (κ2) is 7.77. The molecule has 0 saturated heterocycles. The van der Waals surface area contributed by atoms with E-state index in [4.69, 9.17) is 11.6 Å². The average Bonchev–Trinajstić information content (AvgIpc) is 2.72. The Morgan fingerprint density at radius 3 is 2.71 bits per heavy atom. The Hall–Kier alpha value is -1.12. The number of ether oxygens (including phenoxy) is 1. The fraction of sp³-hybridized carbons (Fsp3) is 0.667. The smallest absolute Gasteiger partial charge is 0.372 e. The highest BCUT2D eigenvalue weighted by Gasteiger charge is 2.27. The molecule has 1 rings (SSSR count). The molecule has 0 amide bonds. The minimum absolute atomic E-state index is 0.177. The maximum absolute atomic E-state index is 12.0. The third kappa shape index (κ3) is 6.45. The van der Waals surface area contributed by atoms with Crippen molar-refractivity contribution in [1.82, 2.24) is 14.7 Å². The number of hydrogen-bond donors (Lipinski definition) is 0. The molecule has 0 bridgehead atoms. The fourth-order valence-corrected chi connectivity index (χ4v) is 1.82. The number of ketones is 1. The van der Waals surface area contributed by atoms with Gasteiger partial charge in [-0.25, -0.2) is 0 Å². The Balaban J connectivity index is 2.55. The predicted octanol–water partition coefficient (Wildman–Crippen LogP) is 2.25. The van der Waals surface area contributed by atoms with Gasteiger partial charge in [0.05, 0.1) is 24.4 Å². The number of halogens is 4. The van der Waals surface area contributed by atoms with Crippen molar-refractivity contribution in [3.05, 3.63) is 16.9 Å². The summed E-state index contributed by atoms with van der Waals surface area (Å²) >= 11 is 5.90. The molecule has 0 aliphatic rings. The molecule has 0 aliphatic heterocycles. The van der Waals surface area contributed by atoms with Gasteiger partial charge in [0.1, 0.15) is 12.3 Å². The first-order chi connectivity index (χ1) is 9.70. The standard InChI is InChI=1S/C12H17ClF3N3O2/c1-18(2)4-5-19-11(9(13)7-17-19)10(20)3-6-21-8-12(14,15)16/h7H,3-6,8H2,1-2H3. The Bertz CT molecular complexity index is 475. The molecule has 0 aromatic carbocycles. The van der Waals surface area contributed by atoms with Crippen molar-refractivity contribution in [2.75, 3.05) is 33.9 Å². The molecule has 0 aliphatic carbocycles. The van der Waals surface area contributed by atoms with Crippen LogP contribution in [0.25, 0.3) is 0 Å². The lowest BCUT2D eigenvalue weighted by molar-refractivity contribution is -0.173. The van der Waals surface area contributed by atoms with Crippen LogP contribution in [0.1, 0.15) is 16.9 Å². The molecule has 1 aromatic rings. The number of likely N-dealkylation sites (N-methyl/N-ethyl adjacent to an activating group) is 1. The summed E-state index contributed by atoms with van der Waals surface area (Å²) in [6.07, 6.45) is -3.22. The lowest BCUT2D eigenvalue weighted by Gasteiger charge is -2.12. The number of carbonyl (C=O) groups excluding carboxylic acids is 1. The second-order valence-corrected chi connectivity index (χ2v) is 5.12. The van der Waals surface area contributed by atoms with Crippen molar-refractivity contribution < 1.29 is 22.7 Å². The van der Waals surface area contributed by atoms with E-state index in [1.807, 2.05) is 19.0 Å². The minimum atomic E-state index is -4.39. The van der Waals surface area contributed by atoms with Gasteiger partial charge in [0.25, 0.3) is 0 Å². The average molecular weight is 328 g/mol. The molecule has 5 nitrogen and oxygen atoms in total. The van der Waals surface area contributed by atoms with Crippen molar-refractivity contribution >= 4 is 17.4 Å².